The molecule has 8 heteroatoms. The van der Waals surface area contributed by atoms with Gasteiger partial charge < -0.3 is 24.1 Å². The monoisotopic (exact) mass is 329 g/mol. The van der Waals surface area contributed by atoms with Crippen molar-refractivity contribution in [1.82, 2.24) is 15.5 Å². The van der Waals surface area contributed by atoms with Crippen molar-refractivity contribution in [2.75, 3.05) is 34.5 Å². The molecular weight excluding hydrogens is 310 g/mol. The summed E-state index contributed by atoms with van der Waals surface area (Å²) in [5.74, 6) is 2.32. The summed E-state index contributed by atoms with van der Waals surface area (Å²) in [4.78, 5) is 4.33. The second-order valence-electron chi connectivity index (χ2n) is 4.25. The van der Waals surface area contributed by atoms with Crippen molar-refractivity contribution >= 4 is 12.4 Å². The van der Waals surface area contributed by atoms with E-state index in [-0.39, 0.29) is 12.4 Å². The molecule has 0 atom stereocenters. The fourth-order valence-corrected chi connectivity index (χ4v) is 1.79. The first-order chi connectivity index (χ1) is 10.3. The fourth-order valence-electron chi connectivity index (χ4n) is 1.79. The molecule has 0 aliphatic rings. The molecule has 0 spiro atoms. The van der Waals surface area contributed by atoms with Gasteiger partial charge in [-0.15, -0.1) is 12.4 Å². The minimum atomic E-state index is 0. The molecule has 1 aromatic carbocycles. The van der Waals surface area contributed by atoms with Gasteiger partial charge in [0.25, 0.3) is 0 Å². The number of nitrogens with zero attached hydrogens (tertiary/aromatic N) is 2. The van der Waals surface area contributed by atoms with Gasteiger partial charge >= 0.3 is 0 Å². The standard InChI is InChI=1S/C14H19N3O4.ClH/c1-18-7-6-15-9-13-16-14(17-21-13)10-4-5-11(19-2)12(8-10)20-3;/h4-5,8,15H,6-7,9H2,1-3H3;1H. The zero-order valence-electron chi connectivity index (χ0n) is 12.8. The van der Waals surface area contributed by atoms with E-state index in [1.807, 2.05) is 12.1 Å². The maximum atomic E-state index is 5.26. The number of hydrogen-bond acceptors (Lipinski definition) is 7. The van der Waals surface area contributed by atoms with Gasteiger partial charge in [0, 0.05) is 19.2 Å². The maximum Gasteiger partial charge on any atom is 0.240 e. The molecule has 0 saturated heterocycles. The summed E-state index contributed by atoms with van der Waals surface area (Å²) < 4.78 is 20.6. The maximum absolute atomic E-state index is 5.26. The third kappa shape index (κ3) is 4.59. The van der Waals surface area contributed by atoms with Crippen LogP contribution < -0.4 is 14.8 Å². The number of nitrogens with one attached hydrogen (secondary N) is 1. The molecule has 122 valence electrons. The fraction of sp³-hybridized carbons (Fsp3) is 0.429. The first-order valence-corrected chi connectivity index (χ1v) is 6.53. The summed E-state index contributed by atoms with van der Waals surface area (Å²) in [6, 6.07) is 5.47. The lowest BCUT2D eigenvalue weighted by atomic mass is 10.2. The van der Waals surface area contributed by atoms with Crippen LogP contribution in [0.25, 0.3) is 11.4 Å². The smallest absolute Gasteiger partial charge is 0.240 e. The Labute approximate surface area is 135 Å². The van der Waals surface area contributed by atoms with Crippen LogP contribution in [0.2, 0.25) is 0 Å². The average Bonchev–Trinajstić information content (AvgIpc) is 2.99. The molecule has 1 heterocycles. The van der Waals surface area contributed by atoms with Crippen LogP contribution in [0.1, 0.15) is 5.89 Å². The van der Waals surface area contributed by atoms with Crippen LogP contribution in [0, 0.1) is 0 Å². The summed E-state index contributed by atoms with van der Waals surface area (Å²) in [5.41, 5.74) is 0.805. The van der Waals surface area contributed by atoms with Crippen molar-refractivity contribution in [3.8, 4) is 22.9 Å². The van der Waals surface area contributed by atoms with E-state index in [2.05, 4.69) is 15.5 Å². The zero-order valence-corrected chi connectivity index (χ0v) is 13.6. The summed E-state index contributed by atoms with van der Waals surface area (Å²) in [6.45, 7) is 1.87. The number of aromatic nitrogens is 2. The van der Waals surface area contributed by atoms with Crippen molar-refractivity contribution in [3.05, 3.63) is 24.1 Å². The van der Waals surface area contributed by atoms with E-state index >= 15 is 0 Å². The number of benzene rings is 1. The van der Waals surface area contributed by atoms with Crippen LogP contribution in [0.4, 0.5) is 0 Å². The van der Waals surface area contributed by atoms with Gasteiger partial charge in [-0.05, 0) is 18.2 Å². The first-order valence-electron chi connectivity index (χ1n) is 6.53. The molecule has 0 amide bonds. The van der Waals surface area contributed by atoms with Crippen LogP contribution in [0.3, 0.4) is 0 Å². The highest BCUT2D eigenvalue weighted by Gasteiger charge is 2.11. The molecule has 0 bridgehead atoms. The lowest BCUT2D eigenvalue weighted by molar-refractivity contribution is 0.197. The van der Waals surface area contributed by atoms with Gasteiger partial charge in [-0.1, -0.05) is 5.16 Å². The summed E-state index contributed by atoms with van der Waals surface area (Å²) in [6.07, 6.45) is 0. The van der Waals surface area contributed by atoms with Gasteiger partial charge in [-0.3, -0.25) is 0 Å². The SMILES string of the molecule is COCCNCc1nc(-c2ccc(OC)c(OC)c2)no1.Cl. The average molecular weight is 330 g/mol. The van der Waals surface area contributed by atoms with Gasteiger partial charge in [0.1, 0.15) is 0 Å². The molecule has 0 aliphatic carbocycles. The number of ether oxygens (including phenoxy) is 3. The van der Waals surface area contributed by atoms with E-state index in [9.17, 15) is 0 Å². The normalized spacial score (nSPS) is 10.1. The van der Waals surface area contributed by atoms with Crippen LogP contribution in [0.5, 0.6) is 11.5 Å². The van der Waals surface area contributed by atoms with Crippen LogP contribution in [0.15, 0.2) is 22.7 Å². The van der Waals surface area contributed by atoms with Crippen molar-refractivity contribution in [3.63, 3.8) is 0 Å². The first kappa shape index (κ1) is 18.2. The quantitative estimate of drug-likeness (QED) is 0.741. The third-order valence-electron chi connectivity index (χ3n) is 2.87. The summed E-state index contributed by atoms with van der Waals surface area (Å²) in [7, 11) is 4.84. The lowest BCUT2D eigenvalue weighted by Crippen LogP contribution is -2.18. The highest BCUT2D eigenvalue weighted by molar-refractivity contribution is 5.85. The topological polar surface area (TPSA) is 78.6 Å². The van der Waals surface area contributed by atoms with Crippen molar-refractivity contribution in [1.29, 1.82) is 0 Å². The molecule has 2 rings (SSSR count). The predicted octanol–water partition coefficient (Wildman–Crippen LogP) is 1.91. The second kappa shape index (κ2) is 9.24. The van der Waals surface area contributed by atoms with E-state index < -0.39 is 0 Å². The Morgan fingerprint density at radius 1 is 1.14 bits per heavy atom. The Bertz CT molecular complexity index is 577. The van der Waals surface area contributed by atoms with E-state index in [1.54, 1.807) is 27.4 Å². The molecule has 0 fully saturated rings. The molecule has 2 aromatic rings. The van der Waals surface area contributed by atoms with Crippen LogP contribution in [-0.2, 0) is 11.3 Å². The number of hydrogen-bond donors (Lipinski definition) is 1. The van der Waals surface area contributed by atoms with Gasteiger partial charge in [0.05, 0.1) is 27.4 Å². The van der Waals surface area contributed by atoms with Gasteiger partial charge in [-0.25, -0.2) is 0 Å². The van der Waals surface area contributed by atoms with Crippen molar-refractivity contribution in [2.24, 2.45) is 0 Å². The molecule has 0 saturated carbocycles. The van der Waals surface area contributed by atoms with E-state index in [0.29, 0.717) is 36.4 Å². The van der Waals surface area contributed by atoms with Crippen LogP contribution in [-0.4, -0.2) is 44.6 Å². The molecule has 0 aliphatic heterocycles. The molecule has 1 N–H and O–H groups in total. The highest BCUT2D eigenvalue weighted by Crippen LogP contribution is 2.31. The number of halogens is 1. The van der Waals surface area contributed by atoms with Gasteiger partial charge in [0.2, 0.25) is 11.7 Å². The molecule has 7 nitrogen and oxygen atoms in total. The second-order valence-corrected chi connectivity index (χ2v) is 4.25. The molecule has 22 heavy (non-hydrogen) atoms. The van der Waals surface area contributed by atoms with E-state index in [1.165, 1.54) is 0 Å². The Morgan fingerprint density at radius 3 is 2.59 bits per heavy atom. The molecule has 1 aromatic heterocycles. The van der Waals surface area contributed by atoms with Crippen molar-refractivity contribution in [2.45, 2.75) is 6.54 Å². The van der Waals surface area contributed by atoms with E-state index in [4.69, 9.17) is 18.7 Å². The lowest BCUT2D eigenvalue weighted by Gasteiger charge is -2.07. The Kier molecular flexibility index (Phi) is 7.65. The summed E-state index contributed by atoms with van der Waals surface area (Å²) >= 11 is 0. The third-order valence-corrected chi connectivity index (χ3v) is 2.87. The van der Waals surface area contributed by atoms with Gasteiger partial charge in [-0.2, -0.15) is 4.98 Å². The largest absolute Gasteiger partial charge is 0.493 e. The summed E-state index contributed by atoms with van der Waals surface area (Å²) in [5, 5.41) is 7.10. The molecule has 0 radical (unpaired) electrons. The highest BCUT2D eigenvalue weighted by atomic mass is 35.5. The minimum absolute atomic E-state index is 0. The van der Waals surface area contributed by atoms with Crippen LogP contribution >= 0.6 is 12.4 Å². The van der Waals surface area contributed by atoms with Crippen molar-refractivity contribution < 1.29 is 18.7 Å². The molecule has 0 unspecified atom stereocenters. The zero-order chi connectivity index (χ0) is 15.1. The number of methoxy groups -OCH3 is 3. The Hall–Kier alpha value is -1.83. The van der Waals surface area contributed by atoms with E-state index in [0.717, 1.165) is 12.1 Å². The van der Waals surface area contributed by atoms with Gasteiger partial charge in [0.15, 0.2) is 11.5 Å². The predicted molar refractivity (Wildman–Crippen MR) is 83.7 cm³/mol. The minimum Gasteiger partial charge on any atom is -0.493 e. The number of rotatable bonds is 8. The Morgan fingerprint density at radius 2 is 1.91 bits per heavy atom. The Balaban J connectivity index is 0.00000242. The molecular formula is C14H20ClN3O4.